The zero-order chi connectivity index (χ0) is 24.2. The average molecular weight is 466 g/mol. The number of carbonyl (C=O) groups is 1. The number of hydrazine groups is 1. The predicted octanol–water partition coefficient (Wildman–Crippen LogP) is 6.03. The molecule has 33 heavy (non-hydrogen) atoms. The summed E-state index contributed by atoms with van der Waals surface area (Å²) < 4.78 is 11.7. The van der Waals surface area contributed by atoms with Gasteiger partial charge in [-0.1, -0.05) is 78.6 Å². The van der Waals surface area contributed by atoms with Gasteiger partial charge in [-0.15, -0.1) is 0 Å². The molecule has 7 heteroatoms. The summed E-state index contributed by atoms with van der Waals surface area (Å²) >= 11 is 0. The fraction of sp³-hybridized carbons (Fsp3) is 0.731. The average Bonchev–Trinajstić information content (AvgIpc) is 2.83. The lowest BCUT2D eigenvalue weighted by atomic mass is 10.0. The fourth-order valence-corrected chi connectivity index (χ4v) is 3.58. The summed E-state index contributed by atoms with van der Waals surface area (Å²) in [6.45, 7) is 7.14. The first-order valence-electron chi connectivity index (χ1n) is 13.0. The van der Waals surface area contributed by atoms with Crippen LogP contribution in [0.4, 0.5) is 4.79 Å². The topological polar surface area (TPSA) is 91.9 Å². The van der Waals surface area contributed by atoms with Gasteiger partial charge in [0.25, 0.3) is 0 Å². The van der Waals surface area contributed by atoms with Gasteiger partial charge in [0.15, 0.2) is 0 Å². The molecule has 0 aromatic heterocycles. The van der Waals surface area contributed by atoms with E-state index in [1.807, 2.05) is 6.92 Å². The quantitative estimate of drug-likeness (QED) is 0.107. The minimum Gasteiger partial charge on any atom is -0.508 e. The number of rotatable bonds is 20. The highest BCUT2D eigenvalue weighted by Gasteiger charge is 2.14. The molecule has 7 nitrogen and oxygen atoms in total. The summed E-state index contributed by atoms with van der Waals surface area (Å²) in [6.07, 6.45) is 14.7. The number of hydrogen-bond acceptors (Lipinski definition) is 5. The number of carbonyl (C=O) groups excluding carboxylic acids is 1. The molecular formula is C26H47N3O4. The second-order valence-electron chi connectivity index (χ2n) is 8.55. The summed E-state index contributed by atoms with van der Waals surface area (Å²) in [4.78, 5) is 12.0. The van der Waals surface area contributed by atoms with Crippen molar-refractivity contribution in [3.8, 4) is 11.5 Å². The Kier molecular flexibility index (Phi) is 17.1. The lowest BCUT2D eigenvalue weighted by Gasteiger charge is -2.24. The van der Waals surface area contributed by atoms with Gasteiger partial charge < -0.3 is 19.9 Å². The molecule has 1 aromatic rings. The van der Waals surface area contributed by atoms with Gasteiger partial charge in [-0.3, -0.25) is 5.43 Å². The van der Waals surface area contributed by atoms with E-state index in [0.29, 0.717) is 18.9 Å². The van der Waals surface area contributed by atoms with Crippen LogP contribution in [-0.2, 0) is 4.74 Å². The highest BCUT2D eigenvalue weighted by molar-refractivity contribution is 5.73. The van der Waals surface area contributed by atoms with Gasteiger partial charge in [-0.2, -0.15) is 0 Å². The van der Waals surface area contributed by atoms with Crippen molar-refractivity contribution in [2.45, 2.75) is 110 Å². The summed E-state index contributed by atoms with van der Waals surface area (Å²) in [5, 5.41) is 12.0. The maximum atomic E-state index is 12.0. The first-order chi connectivity index (χ1) is 16.1. The van der Waals surface area contributed by atoms with E-state index in [4.69, 9.17) is 9.47 Å². The fourth-order valence-electron chi connectivity index (χ4n) is 3.58. The zero-order valence-corrected chi connectivity index (χ0v) is 21.0. The summed E-state index contributed by atoms with van der Waals surface area (Å²) in [6, 6.07) is 6.16. The van der Waals surface area contributed by atoms with Gasteiger partial charge in [-0.25, -0.2) is 10.2 Å². The number of hydrogen-bond donors (Lipinski definition) is 4. The number of phenolic OH excluding ortho intramolecular Hbond substituents is 1. The van der Waals surface area contributed by atoms with Gasteiger partial charge in [0.1, 0.15) is 24.3 Å². The Labute approximate surface area is 201 Å². The van der Waals surface area contributed by atoms with Gasteiger partial charge in [0, 0.05) is 0 Å². The summed E-state index contributed by atoms with van der Waals surface area (Å²) in [5.41, 5.74) is 5.64. The van der Waals surface area contributed by atoms with Crippen molar-refractivity contribution in [1.82, 2.24) is 16.2 Å². The number of phenols is 1. The van der Waals surface area contributed by atoms with Crippen LogP contribution in [0.15, 0.2) is 24.3 Å². The third kappa shape index (κ3) is 15.5. The molecule has 2 atom stereocenters. The molecule has 0 spiro atoms. The van der Waals surface area contributed by atoms with E-state index in [1.165, 1.54) is 57.8 Å². The van der Waals surface area contributed by atoms with Crippen molar-refractivity contribution in [3.05, 3.63) is 24.3 Å². The largest absolute Gasteiger partial charge is 0.508 e. The van der Waals surface area contributed by atoms with E-state index in [-0.39, 0.29) is 24.1 Å². The van der Waals surface area contributed by atoms with Crippen LogP contribution in [0.25, 0.3) is 0 Å². The van der Waals surface area contributed by atoms with Crippen molar-refractivity contribution in [2.75, 3.05) is 13.2 Å². The monoisotopic (exact) mass is 465 g/mol. The molecule has 1 aromatic carbocycles. The SMILES string of the molecule is CCCCCCCCCCCC(CC)OC(CC)NNC(=O)NCCOc1ccc(O)cc1. The van der Waals surface area contributed by atoms with Crippen molar-refractivity contribution in [2.24, 2.45) is 0 Å². The molecule has 190 valence electrons. The second-order valence-corrected chi connectivity index (χ2v) is 8.55. The Morgan fingerprint density at radius 1 is 0.909 bits per heavy atom. The van der Waals surface area contributed by atoms with E-state index in [0.717, 1.165) is 19.3 Å². The minimum absolute atomic E-state index is 0.192. The van der Waals surface area contributed by atoms with E-state index < -0.39 is 0 Å². The number of benzene rings is 1. The molecule has 0 aliphatic rings. The van der Waals surface area contributed by atoms with Crippen molar-refractivity contribution in [1.29, 1.82) is 0 Å². The molecule has 0 saturated carbocycles. The van der Waals surface area contributed by atoms with Crippen LogP contribution in [0.3, 0.4) is 0 Å². The van der Waals surface area contributed by atoms with Gasteiger partial charge in [-0.05, 0) is 43.5 Å². The van der Waals surface area contributed by atoms with E-state index in [2.05, 4.69) is 30.0 Å². The summed E-state index contributed by atoms with van der Waals surface area (Å²) in [7, 11) is 0. The Morgan fingerprint density at radius 3 is 2.15 bits per heavy atom. The molecule has 4 N–H and O–H groups in total. The molecule has 0 aliphatic heterocycles. The third-order valence-corrected chi connectivity index (χ3v) is 5.65. The molecule has 0 bridgehead atoms. The Bertz CT molecular complexity index is 598. The minimum atomic E-state index is -0.321. The van der Waals surface area contributed by atoms with Crippen molar-refractivity contribution < 1.29 is 19.4 Å². The molecule has 0 saturated heterocycles. The number of unbranched alkanes of at least 4 members (excludes halogenated alkanes) is 8. The molecule has 0 fully saturated rings. The van der Waals surface area contributed by atoms with Crippen molar-refractivity contribution in [3.63, 3.8) is 0 Å². The van der Waals surface area contributed by atoms with Crippen LogP contribution in [0.2, 0.25) is 0 Å². The van der Waals surface area contributed by atoms with Crippen LogP contribution in [0, 0.1) is 0 Å². The first-order valence-corrected chi connectivity index (χ1v) is 13.0. The second kappa shape index (κ2) is 19.5. The predicted molar refractivity (Wildman–Crippen MR) is 134 cm³/mol. The highest BCUT2D eigenvalue weighted by atomic mass is 16.5. The van der Waals surface area contributed by atoms with Gasteiger partial charge >= 0.3 is 6.03 Å². The molecular weight excluding hydrogens is 418 g/mol. The number of ether oxygens (including phenoxy) is 2. The highest BCUT2D eigenvalue weighted by Crippen LogP contribution is 2.16. The van der Waals surface area contributed by atoms with Gasteiger partial charge in [0.05, 0.1) is 12.6 Å². The van der Waals surface area contributed by atoms with E-state index in [9.17, 15) is 9.90 Å². The molecule has 1 rings (SSSR count). The number of urea groups is 1. The number of nitrogens with one attached hydrogen (secondary N) is 3. The Balaban J connectivity index is 2.11. The van der Waals surface area contributed by atoms with Crippen LogP contribution in [0.1, 0.15) is 97.8 Å². The smallest absolute Gasteiger partial charge is 0.329 e. The zero-order valence-electron chi connectivity index (χ0n) is 21.0. The third-order valence-electron chi connectivity index (χ3n) is 5.65. The standard InChI is InChI=1S/C26H47N3O4/c1-4-7-8-9-10-11-12-13-14-15-23(5-2)33-25(6-3)28-29-26(31)27-20-21-32-24-18-16-22(30)17-19-24/h16-19,23,25,28,30H,4-15,20-21H2,1-3H3,(H2,27,29,31). The lowest BCUT2D eigenvalue weighted by Crippen LogP contribution is -2.50. The van der Waals surface area contributed by atoms with E-state index >= 15 is 0 Å². The maximum Gasteiger partial charge on any atom is 0.329 e. The normalized spacial score (nSPS) is 12.8. The first kappa shape index (κ1) is 29.0. The van der Waals surface area contributed by atoms with Crippen molar-refractivity contribution >= 4 is 6.03 Å². The molecule has 2 amide bonds. The maximum absolute atomic E-state index is 12.0. The molecule has 2 unspecified atom stereocenters. The molecule has 0 aliphatic carbocycles. The molecule has 0 radical (unpaired) electrons. The number of amides is 2. The van der Waals surface area contributed by atoms with Crippen LogP contribution in [0.5, 0.6) is 11.5 Å². The Morgan fingerprint density at radius 2 is 1.55 bits per heavy atom. The summed E-state index contributed by atoms with van der Waals surface area (Å²) in [5.74, 6) is 0.835. The van der Waals surface area contributed by atoms with Crippen LogP contribution < -0.4 is 20.9 Å². The van der Waals surface area contributed by atoms with Crippen LogP contribution >= 0.6 is 0 Å². The lowest BCUT2D eigenvalue weighted by molar-refractivity contribution is -0.0429. The van der Waals surface area contributed by atoms with Gasteiger partial charge in [0.2, 0.25) is 0 Å². The van der Waals surface area contributed by atoms with Crippen LogP contribution in [-0.4, -0.2) is 36.6 Å². The Hall–Kier alpha value is -1.99. The van der Waals surface area contributed by atoms with E-state index in [1.54, 1.807) is 24.3 Å². The molecule has 0 heterocycles. The number of aromatic hydroxyl groups is 1.